The van der Waals surface area contributed by atoms with Gasteiger partial charge >= 0.3 is 0 Å². The lowest BCUT2D eigenvalue weighted by molar-refractivity contribution is 0.311. The van der Waals surface area contributed by atoms with E-state index in [1.54, 1.807) is 0 Å². The van der Waals surface area contributed by atoms with E-state index < -0.39 is 0 Å². The molecule has 3 rings (SSSR count). The molecule has 0 amide bonds. The molecule has 94 valence electrons. The molecule has 0 saturated heterocycles. The highest BCUT2D eigenvalue weighted by atomic mass is 16.5. The number of hydrogen-bond donors (Lipinski definition) is 0. The standard InChI is InChI=1S/C14H22N2O/c1-9-11(14(9,2)3)12-15-13(17-16-12)10-7-5-4-6-8-10/h9-11H,4-8H2,1-3H3/t9-,11+/m1/s1. The van der Waals surface area contributed by atoms with Crippen LogP contribution in [0.2, 0.25) is 0 Å². The molecular weight excluding hydrogens is 212 g/mol. The minimum Gasteiger partial charge on any atom is -0.339 e. The van der Waals surface area contributed by atoms with Gasteiger partial charge in [0, 0.05) is 11.8 Å². The van der Waals surface area contributed by atoms with E-state index in [9.17, 15) is 0 Å². The molecule has 2 atom stereocenters. The maximum atomic E-state index is 5.49. The molecule has 0 spiro atoms. The van der Waals surface area contributed by atoms with Crippen LogP contribution in [0.5, 0.6) is 0 Å². The Bertz CT molecular complexity index is 404. The minimum atomic E-state index is 0.355. The summed E-state index contributed by atoms with van der Waals surface area (Å²) in [5.74, 6) is 3.56. The molecule has 0 N–H and O–H groups in total. The van der Waals surface area contributed by atoms with E-state index in [1.807, 2.05) is 0 Å². The lowest BCUT2D eigenvalue weighted by Crippen LogP contribution is -2.05. The third-order valence-electron chi connectivity index (χ3n) is 5.06. The van der Waals surface area contributed by atoms with Crippen LogP contribution in [0.25, 0.3) is 0 Å². The quantitative estimate of drug-likeness (QED) is 0.779. The smallest absolute Gasteiger partial charge is 0.229 e. The molecule has 0 radical (unpaired) electrons. The highest BCUT2D eigenvalue weighted by Crippen LogP contribution is 2.63. The first-order valence-corrected chi connectivity index (χ1v) is 6.94. The highest BCUT2D eigenvalue weighted by molar-refractivity contribution is 5.19. The van der Waals surface area contributed by atoms with E-state index in [-0.39, 0.29) is 0 Å². The lowest BCUT2D eigenvalue weighted by Gasteiger charge is -2.17. The number of hydrogen-bond acceptors (Lipinski definition) is 3. The Morgan fingerprint density at radius 1 is 1.18 bits per heavy atom. The Labute approximate surface area is 103 Å². The summed E-state index contributed by atoms with van der Waals surface area (Å²) >= 11 is 0. The van der Waals surface area contributed by atoms with Gasteiger partial charge in [-0.1, -0.05) is 45.2 Å². The van der Waals surface area contributed by atoms with E-state index in [0.29, 0.717) is 23.2 Å². The van der Waals surface area contributed by atoms with Crippen LogP contribution in [0.1, 0.15) is 76.4 Å². The van der Waals surface area contributed by atoms with E-state index in [2.05, 4.69) is 30.9 Å². The maximum Gasteiger partial charge on any atom is 0.229 e. The summed E-state index contributed by atoms with van der Waals surface area (Å²) in [6.07, 6.45) is 6.45. The normalized spacial score (nSPS) is 32.6. The van der Waals surface area contributed by atoms with Gasteiger partial charge in [-0.3, -0.25) is 0 Å². The van der Waals surface area contributed by atoms with E-state index >= 15 is 0 Å². The maximum absolute atomic E-state index is 5.49. The molecule has 0 unspecified atom stereocenters. The topological polar surface area (TPSA) is 38.9 Å². The predicted octanol–water partition coefficient (Wildman–Crippen LogP) is 3.88. The second kappa shape index (κ2) is 3.82. The van der Waals surface area contributed by atoms with Crippen LogP contribution >= 0.6 is 0 Å². The first-order valence-electron chi connectivity index (χ1n) is 6.94. The summed E-state index contributed by atoms with van der Waals surface area (Å²) in [5.41, 5.74) is 0.355. The third kappa shape index (κ3) is 1.80. The zero-order valence-electron chi connectivity index (χ0n) is 11.1. The number of rotatable bonds is 2. The SMILES string of the molecule is C[C@@H]1[C@@H](c2noc(C3CCCCC3)n2)C1(C)C. The number of aromatic nitrogens is 2. The fourth-order valence-corrected chi connectivity index (χ4v) is 3.34. The van der Waals surface area contributed by atoms with Crippen LogP contribution in [0, 0.1) is 11.3 Å². The van der Waals surface area contributed by atoms with E-state index in [0.717, 1.165) is 11.7 Å². The van der Waals surface area contributed by atoms with Gasteiger partial charge < -0.3 is 4.52 Å². The molecule has 0 aliphatic heterocycles. The molecule has 1 heterocycles. The zero-order valence-corrected chi connectivity index (χ0v) is 11.1. The van der Waals surface area contributed by atoms with Crippen molar-refractivity contribution < 1.29 is 4.52 Å². The van der Waals surface area contributed by atoms with Crippen molar-refractivity contribution in [3.8, 4) is 0 Å². The molecule has 1 aromatic heterocycles. The Morgan fingerprint density at radius 2 is 1.82 bits per heavy atom. The average molecular weight is 234 g/mol. The number of nitrogens with zero attached hydrogens (tertiary/aromatic N) is 2. The van der Waals surface area contributed by atoms with Gasteiger partial charge in [0.2, 0.25) is 5.89 Å². The minimum absolute atomic E-state index is 0.355. The molecule has 1 aromatic rings. The Balaban J connectivity index is 1.75. The van der Waals surface area contributed by atoms with Crippen LogP contribution in [0.15, 0.2) is 4.52 Å². The highest BCUT2D eigenvalue weighted by Gasteiger charge is 2.57. The predicted molar refractivity (Wildman–Crippen MR) is 65.8 cm³/mol. The van der Waals surface area contributed by atoms with Crippen molar-refractivity contribution in [1.82, 2.24) is 10.1 Å². The molecule has 2 saturated carbocycles. The molecule has 2 aliphatic carbocycles. The molecule has 17 heavy (non-hydrogen) atoms. The van der Waals surface area contributed by atoms with Gasteiger partial charge in [-0.05, 0) is 24.2 Å². The van der Waals surface area contributed by atoms with Gasteiger partial charge in [-0.25, -0.2) is 0 Å². The van der Waals surface area contributed by atoms with Crippen LogP contribution < -0.4 is 0 Å². The van der Waals surface area contributed by atoms with Crippen LogP contribution in [-0.2, 0) is 0 Å². The van der Waals surface area contributed by atoms with Crippen molar-refractivity contribution in [2.45, 2.75) is 64.7 Å². The molecule has 0 bridgehead atoms. The average Bonchev–Trinajstić information content (AvgIpc) is 2.72. The molecule has 3 nitrogen and oxygen atoms in total. The molecule has 0 aromatic carbocycles. The third-order valence-corrected chi connectivity index (χ3v) is 5.06. The first kappa shape index (κ1) is 11.2. The van der Waals surface area contributed by atoms with Crippen molar-refractivity contribution in [2.24, 2.45) is 11.3 Å². The van der Waals surface area contributed by atoms with E-state index in [4.69, 9.17) is 4.52 Å². The molecular formula is C14H22N2O. The van der Waals surface area contributed by atoms with Crippen LogP contribution in [0.3, 0.4) is 0 Å². The summed E-state index contributed by atoms with van der Waals surface area (Å²) < 4.78 is 5.49. The summed E-state index contributed by atoms with van der Waals surface area (Å²) in [6, 6.07) is 0. The van der Waals surface area contributed by atoms with Gasteiger partial charge in [0.1, 0.15) is 0 Å². The van der Waals surface area contributed by atoms with Crippen molar-refractivity contribution in [2.75, 3.05) is 0 Å². The lowest BCUT2D eigenvalue weighted by atomic mass is 9.89. The van der Waals surface area contributed by atoms with Crippen molar-refractivity contribution in [3.63, 3.8) is 0 Å². The van der Waals surface area contributed by atoms with Gasteiger partial charge in [0.25, 0.3) is 0 Å². The Morgan fingerprint density at radius 3 is 2.41 bits per heavy atom. The van der Waals surface area contributed by atoms with Gasteiger partial charge in [0.15, 0.2) is 5.82 Å². The summed E-state index contributed by atoms with van der Waals surface area (Å²) in [4.78, 5) is 4.66. The molecule has 3 heteroatoms. The zero-order chi connectivity index (χ0) is 12.0. The monoisotopic (exact) mass is 234 g/mol. The molecule has 2 fully saturated rings. The summed E-state index contributed by atoms with van der Waals surface area (Å²) in [7, 11) is 0. The summed E-state index contributed by atoms with van der Waals surface area (Å²) in [5, 5.41) is 4.21. The van der Waals surface area contributed by atoms with Crippen LogP contribution in [0.4, 0.5) is 0 Å². The van der Waals surface area contributed by atoms with Gasteiger partial charge in [-0.2, -0.15) is 4.98 Å². The van der Waals surface area contributed by atoms with Crippen molar-refractivity contribution in [1.29, 1.82) is 0 Å². The van der Waals surface area contributed by atoms with Crippen molar-refractivity contribution >= 4 is 0 Å². The fourth-order valence-electron chi connectivity index (χ4n) is 3.34. The summed E-state index contributed by atoms with van der Waals surface area (Å²) in [6.45, 7) is 6.86. The Hall–Kier alpha value is -0.860. The van der Waals surface area contributed by atoms with Gasteiger partial charge in [0.05, 0.1) is 0 Å². The van der Waals surface area contributed by atoms with Crippen LogP contribution in [-0.4, -0.2) is 10.1 Å². The van der Waals surface area contributed by atoms with E-state index in [1.165, 1.54) is 32.1 Å². The Kier molecular flexibility index (Phi) is 2.53. The largest absolute Gasteiger partial charge is 0.339 e. The van der Waals surface area contributed by atoms with Crippen molar-refractivity contribution in [3.05, 3.63) is 11.7 Å². The first-order chi connectivity index (χ1) is 8.10. The molecule has 2 aliphatic rings. The fraction of sp³-hybridized carbons (Fsp3) is 0.857. The second-order valence-electron chi connectivity index (χ2n) is 6.41. The van der Waals surface area contributed by atoms with Gasteiger partial charge in [-0.15, -0.1) is 0 Å². The second-order valence-corrected chi connectivity index (χ2v) is 6.41.